The van der Waals surface area contributed by atoms with E-state index < -0.39 is 17.4 Å². The summed E-state index contributed by atoms with van der Waals surface area (Å²) < 4.78 is 26.3. The molecule has 4 heteroatoms. The van der Waals surface area contributed by atoms with Crippen molar-refractivity contribution in [1.29, 1.82) is 0 Å². The third-order valence-corrected chi connectivity index (χ3v) is 3.14. The molecule has 0 saturated heterocycles. The first-order valence-electron chi connectivity index (χ1n) is 6.36. The van der Waals surface area contributed by atoms with Gasteiger partial charge >= 0.3 is 0 Å². The minimum Gasteiger partial charge on any atom is -0.507 e. The summed E-state index contributed by atoms with van der Waals surface area (Å²) in [6, 6.07) is 6.26. The summed E-state index contributed by atoms with van der Waals surface area (Å²) in [6.07, 6.45) is 2.76. The minimum atomic E-state index is -0.886. The van der Waals surface area contributed by atoms with Crippen LogP contribution >= 0.6 is 0 Å². The van der Waals surface area contributed by atoms with Gasteiger partial charge in [-0.15, -0.1) is 0 Å². The molecule has 2 aromatic carbocycles. The summed E-state index contributed by atoms with van der Waals surface area (Å²) in [7, 11) is 0. The molecule has 0 aliphatic heterocycles. The predicted octanol–water partition coefficient (Wildman–Crippen LogP) is 4.18. The number of phenolic OH excluding ortho intramolecular Hbond substituents is 1. The normalized spacial score (nSPS) is 11.0. The van der Waals surface area contributed by atoms with Crippen molar-refractivity contribution >= 4 is 11.9 Å². The topological polar surface area (TPSA) is 37.3 Å². The van der Waals surface area contributed by atoms with E-state index in [2.05, 4.69) is 0 Å². The maximum absolute atomic E-state index is 13.5. The standard InChI is InChI=1S/C17H14F2O2/c1-10-7-12(8-11(2)17(10)21)3-6-16(20)14-5-4-13(18)9-15(14)19/h3-9,21H,1-2H3/b6-3+. The second-order valence-electron chi connectivity index (χ2n) is 4.83. The molecule has 2 nitrogen and oxygen atoms in total. The molecule has 0 aliphatic rings. The number of aryl methyl sites for hydroxylation is 2. The second kappa shape index (κ2) is 5.87. The van der Waals surface area contributed by atoms with Crippen molar-refractivity contribution in [3.63, 3.8) is 0 Å². The van der Waals surface area contributed by atoms with E-state index in [-0.39, 0.29) is 11.3 Å². The van der Waals surface area contributed by atoms with Crippen LogP contribution in [0, 0.1) is 25.5 Å². The first-order chi connectivity index (χ1) is 9.88. The van der Waals surface area contributed by atoms with Crippen LogP contribution in [0.15, 0.2) is 36.4 Å². The summed E-state index contributed by atoms with van der Waals surface area (Å²) in [4.78, 5) is 11.9. The molecule has 1 N–H and O–H groups in total. The first kappa shape index (κ1) is 14.9. The number of hydrogen-bond donors (Lipinski definition) is 1. The Kier molecular flexibility index (Phi) is 4.17. The van der Waals surface area contributed by atoms with Gasteiger partial charge in [-0.3, -0.25) is 4.79 Å². The maximum Gasteiger partial charge on any atom is 0.188 e. The van der Waals surface area contributed by atoms with Gasteiger partial charge < -0.3 is 5.11 Å². The van der Waals surface area contributed by atoms with Crippen LogP contribution in [-0.2, 0) is 0 Å². The van der Waals surface area contributed by atoms with Gasteiger partial charge in [0, 0.05) is 6.07 Å². The molecule has 21 heavy (non-hydrogen) atoms. The molecule has 0 unspecified atom stereocenters. The lowest BCUT2D eigenvalue weighted by Gasteiger charge is -2.04. The Hall–Kier alpha value is -2.49. The summed E-state index contributed by atoms with van der Waals surface area (Å²) in [5, 5.41) is 9.67. The van der Waals surface area contributed by atoms with Crippen LogP contribution in [0.4, 0.5) is 8.78 Å². The Morgan fingerprint density at radius 3 is 2.29 bits per heavy atom. The SMILES string of the molecule is Cc1cc(/C=C/C(=O)c2ccc(F)cc2F)cc(C)c1O. The fourth-order valence-corrected chi connectivity index (χ4v) is 2.04. The quantitative estimate of drug-likeness (QED) is 0.679. The summed E-state index contributed by atoms with van der Waals surface area (Å²) in [6.45, 7) is 3.50. The van der Waals surface area contributed by atoms with E-state index in [9.17, 15) is 18.7 Å². The molecule has 0 heterocycles. The number of rotatable bonds is 3. The monoisotopic (exact) mass is 288 g/mol. The molecule has 0 amide bonds. The Labute approximate surface area is 121 Å². The van der Waals surface area contributed by atoms with E-state index in [1.165, 1.54) is 12.2 Å². The number of carbonyl (C=O) groups excluding carboxylic acids is 1. The van der Waals surface area contributed by atoms with Crippen molar-refractivity contribution in [2.24, 2.45) is 0 Å². The van der Waals surface area contributed by atoms with Crippen LogP contribution in [0.5, 0.6) is 5.75 Å². The molecule has 0 aliphatic carbocycles. The molecular formula is C17H14F2O2. The predicted molar refractivity (Wildman–Crippen MR) is 77.3 cm³/mol. The zero-order valence-electron chi connectivity index (χ0n) is 11.7. The highest BCUT2D eigenvalue weighted by Gasteiger charge is 2.10. The first-order valence-corrected chi connectivity index (χ1v) is 6.36. The van der Waals surface area contributed by atoms with Crippen molar-refractivity contribution in [1.82, 2.24) is 0 Å². The van der Waals surface area contributed by atoms with Gasteiger partial charge in [-0.2, -0.15) is 0 Å². The third-order valence-electron chi connectivity index (χ3n) is 3.14. The lowest BCUT2D eigenvalue weighted by atomic mass is 10.0. The van der Waals surface area contributed by atoms with E-state index in [0.717, 1.165) is 17.7 Å². The summed E-state index contributed by atoms with van der Waals surface area (Å²) in [5.74, 6) is -1.94. The molecule has 2 rings (SSSR count). The van der Waals surface area contributed by atoms with E-state index in [1.807, 2.05) is 0 Å². The fraction of sp³-hybridized carbons (Fsp3) is 0.118. The number of benzene rings is 2. The number of ketones is 1. The molecule has 0 saturated carbocycles. The largest absolute Gasteiger partial charge is 0.507 e. The van der Waals surface area contributed by atoms with Gasteiger partial charge in [0.15, 0.2) is 5.78 Å². The molecule has 0 atom stereocenters. The maximum atomic E-state index is 13.5. The van der Waals surface area contributed by atoms with Gasteiger partial charge in [0.05, 0.1) is 5.56 Å². The Balaban J connectivity index is 2.27. The van der Waals surface area contributed by atoms with Crippen molar-refractivity contribution < 1.29 is 18.7 Å². The number of phenols is 1. The van der Waals surface area contributed by atoms with Crippen LogP contribution in [0.25, 0.3) is 6.08 Å². The molecule has 0 aromatic heterocycles. The zero-order chi connectivity index (χ0) is 15.6. The van der Waals surface area contributed by atoms with E-state index in [4.69, 9.17) is 0 Å². The van der Waals surface area contributed by atoms with Crippen molar-refractivity contribution in [2.75, 3.05) is 0 Å². The minimum absolute atomic E-state index is 0.181. The van der Waals surface area contributed by atoms with Crippen molar-refractivity contribution in [3.05, 3.63) is 70.3 Å². The molecule has 0 fully saturated rings. The average Bonchev–Trinajstić information content (AvgIpc) is 2.42. The number of allylic oxidation sites excluding steroid dienone is 1. The highest BCUT2D eigenvalue weighted by Crippen LogP contribution is 2.23. The average molecular weight is 288 g/mol. The molecule has 0 bridgehead atoms. The smallest absolute Gasteiger partial charge is 0.188 e. The molecule has 108 valence electrons. The van der Waals surface area contributed by atoms with Crippen LogP contribution in [0.2, 0.25) is 0 Å². The van der Waals surface area contributed by atoms with Crippen molar-refractivity contribution in [3.8, 4) is 5.75 Å². The fourth-order valence-electron chi connectivity index (χ4n) is 2.04. The van der Waals surface area contributed by atoms with Gasteiger partial charge in [0.2, 0.25) is 0 Å². The summed E-state index contributed by atoms with van der Waals surface area (Å²) in [5.41, 5.74) is 1.92. The Bertz CT molecular complexity index is 711. The third kappa shape index (κ3) is 3.34. The highest BCUT2D eigenvalue weighted by atomic mass is 19.1. The van der Waals surface area contributed by atoms with E-state index in [0.29, 0.717) is 17.2 Å². The number of aromatic hydroxyl groups is 1. The number of hydrogen-bond acceptors (Lipinski definition) is 2. The van der Waals surface area contributed by atoms with Gasteiger partial charge in [0.25, 0.3) is 0 Å². The van der Waals surface area contributed by atoms with Gasteiger partial charge in [0.1, 0.15) is 17.4 Å². The molecule has 0 radical (unpaired) electrons. The van der Waals surface area contributed by atoms with E-state index >= 15 is 0 Å². The zero-order valence-corrected chi connectivity index (χ0v) is 11.7. The Morgan fingerprint density at radius 2 is 1.71 bits per heavy atom. The molecule has 0 spiro atoms. The van der Waals surface area contributed by atoms with Gasteiger partial charge in [-0.05, 0) is 60.9 Å². The van der Waals surface area contributed by atoms with Crippen LogP contribution < -0.4 is 0 Å². The van der Waals surface area contributed by atoms with Crippen LogP contribution in [0.3, 0.4) is 0 Å². The second-order valence-corrected chi connectivity index (χ2v) is 4.83. The number of carbonyl (C=O) groups is 1. The van der Waals surface area contributed by atoms with Crippen molar-refractivity contribution in [2.45, 2.75) is 13.8 Å². The highest BCUT2D eigenvalue weighted by molar-refractivity contribution is 6.07. The summed E-state index contributed by atoms with van der Waals surface area (Å²) >= 11 is 0. The van der Waals surface area contributed by atoms with Crippen LogP contribution in [-0.4, -0.2) is 10.9 Å². The number of halogens is 2. The van der Waals surface area contributed by atoms with Gasteiger partial charge in [-0.25, -0.2) is 8.78 Å². The Morgan fingerprint density at radius 1 is 1.10 bits per heavy atom. The van der Waals surface area contributed by atoms with Gasteiger partial charge in [-0.1, -0.05) is 6.08 Å². The molecular weight excluding hydrogens is 274 g/mol. The lowest BCUT2D eigenvalue weighted by molar-refractivity contribution is 0.104. The lowest BCUT2D eigenvalue weighted by Crippen LogP contribution is -1.99. The van der Waals surface area contributed by atoms with E-state index in [1.54, 1.807) is 26.0 Å². The van der Waals surface area contributed by atoms with Crippen LogP contribution in [0.1, 0.15) is 27.0 Å². The molecule has 2 aromatic rings.